The van der Waals surface area contributed by atoms with Crippen LogP contribution in [0.4, 0.5) is 0 Å². The van der Waals surface area contributed by atoms with Crippen molar-refractivity contribution in [3.05, 3.63) is 35.2 Å². The maximum Gasteiger partial charge on any atom is 0.123 e. The lowest BCUT2D eigenvalue weighted by atomic mass is 10.1. The van der Waals surface area contributed by atoms with Crippen molar-refractivity contribution < 1.29 is 4.74 Å². The summed E-state index contributed by atoms with van der Waals surface area (Å²) in [6.07, 6.45) is 6.94. The first-order chi connectivity index (χ1) is 11.2. The van der Waals surface area contributed by atoms with Gasteiger partial charge in [-0.1, -0.05) is 13.8 Å². The SMILES string of the molecule is CCc1nn(C)c(CC)c1CN1C[C@H](OC)CC1c1ncc[nH]1. The van der Waals surface area contributed by atoms with Crippen LogP contribution in [0.1, 0.15) is 49.1 Å². The van der Waals surface area contributed by atoms with Crippen LogP contribution in [0.5, 0.6) is 0 Å². The van der Waals surface area contributed by atoms with Gasteiger partial charge in [-0.05, 0) is 19.3 Å². The molecule has 0 aliphatic carbocycles. The van der Waals surface area contributed by atoms with Gasteiger partial charge in [-0.2, -0.15) is 5.10 Å². The lowest BCUT2D eigenvalue weighted by molar-refractivity contribution is 0.107. The Balaban J connectivity index is 1.88. The van der Waals surface area contributed by atoms with Gasteiger partial charge in [0.2, 0.25) is 0 Å². The van der Waals surface area contributed by atoms with Gasteiger partial charge in [0.15, 0.2) is 0 Å². The molecule has 1 aliphatic rings. The largest absolute Gasteiger partial charge is 0.380 e. The number of aryl methyl sites for hydroxylation is 2. The van der Waals surface area contributed by atoms with E-state index >= 15 is 0 Å². The summed E-state index contributed by atoms with van der Waals surface area (Å²) in [6.45, 7) is 6.22. The summed E-state index contributed by atoms with van der Waals surface area (Å²) in [4.78, 5) is 10.2. The molecule has 0 bridgehead atoms. The first-order valence-corrected chi connectivity index (χ1v) is 8.47. The zero-order valence-electron chi connectivity index (χ0n) is 14.5. The third kappa shape index (κ3) is 3.05. The Labute approximate surface area is 137 Å². The summed E-state index contributed by atoms with van der Waals surface area (Å²) in [5, 5.41) is 4.70. The van der Waals surface area contributed by atoms with Crippen LogP contribution in [0.2, 0.25) is 0 Å². The molecular weight excluding hydrogens is 290 g/mol. The van der Waals surface area contributed by atoms with Crippen molar-refractivity contribution in [2.75, 3.05) is 13.7 Å². The van der Waals surface area contributed by atoms with Gasteiger partial charge in [-0.3, -0.25) is 9.58 Å². The number of aromatic nitrogens is 4. The van der Waals surface area contributed by atoms with Gasteiger partial charge in [0.25, 0.3) is 0 Å². The van der Waals surface area contributed by atoms with Gasteiger partial charge in [0, 0.05) is 50.9 Å². The van der Waals surface area contributed by atoms with E-state index in [4.69, 9.17) is 9.84 Å². The molecule has 126 valence electrons. The molecule has 2 aromatic heterocycles. The third-order valence-corrected chi connectivity index (χ3v) is 4.92. The lowest BCUT2D eigenvalue weighted by Crippen LogP contribution is -2.26. The van der Waals surface area contributed by atoms with Crippen molar-refractivity contribution >= 4 is 0 Å². The summed E-state index contributed by atoms with van der Waals surface area (Å²) < 4.78 is 7.66. The third-order valence-electron chi connectivity index (χ3n) is 4.92. The molecule has 2 aromatic rings. The first kappa shape index (κ1) is 16.2. The van der Waals surface area contributed by atoms with Crippen LogP contribution in [0.25, 0.3) is 0 Å². The highest BCUT2D eigenvalue weighted by atomic mass is 16.5. The second kappa shape index (κ2) is 6.84. The highest BCUT2D eigenvalue weighted by Gasteiger charge is 2.35. The van der Waals surface area contributed by atoms with E-state index in [1.807, 2.05) is 24.1 Å². The number of hydrogen-bond donors (Lipinski definition) is 1. The van der Waals surface area contributed by atoms with Gasteiger partial charge in [-0.15, -0.1) is 0 Å². The Morgan fingerprint density at radius 2 is 2.17 bits per heavy atom. The maximum atomic E-state index is 5.62. The van der Waals surface area contributed by atoms with Crippen molar-refractivity contribution in [1.82, 2.24) is 24.6 Å². The van der Waals surface area contributed by atoms with Gasteiger partial charge < -0.3 is 9.72 Å². The minimum absolute atomic E-state index is 0.261. The van der Waals surface area contributed by atoms with Gasteiger partial charge in [-0.25, -0.2) is 4.98 Å². The van der Waals surface area contributed by atoms with Crippen molar-refractivity contribution in [3.8, 4) is 0 Å². The number of likely N-dealkylation sites (tertiary alicyclic amines) is 1. The Kier molecular flexibility index (Phi) is 4.82. The zero-order valence-corrected chi connectivity index (χ0v) is 14.5. The fraction of sp³-hybridized carbons (Fsp3) is 0.647. The van der Waals surface area contributed by atoms with E-state index in [1.54, 1.807) is 7.11 Å². The highest BCUT2D eigenvalue weighted by Crippen LogP contribution is 2.33. The Morgan fingerprint density at radius 3 is 2.78 bits per heavy atom. The van der Waals surface area contributed by atoms with Crippen LogP contribution in [0.3, 0.4) is 0 Å². The average molecular weight is 317 g/mol. The first-order valence-electron chi connectivity index (χ1n) is 8.47. The molecule has 3 heterocycles. The summed E-state index contributed by atoms with van der Waals surface area (Å²) in [5.74, 6) is 1.03. The minimum atomic E-state index is 0.261. The molecule has 1 unspecified atom stereocenters. The number of hydrogen-bond acceptors (Lipinski definition) is 4. The van der Waals surface area contributed by atoms with E-state index in [-0.39, 0.29) is 12.1 Å². The van der Waals surface area contributed by atoms with Gasteiger partial charge >= 0.3 is 0 Å². The normalized spacial score (nSPS) is 22.1. The minimum Gasteiger partial charge on any atom is -0.380 e. The van der Waals surface area contributed by atoms with Crippen LogP contribution >= 0.6 is 0 Å². The van der Waals surface area contributed by atoms with Crippen molar-refractivity contribution in [1.29, 1.82) is 0 Å². The molecule has 23 heavy (non-hydrogen) atoms. The highest BCUT2D eigenvalue weighted by molar-refractivity contribution is 5.27. The van der Waals surface area contributed by atoms with Gasteiger partial charge in [0.1, 0.15) is 5.82 Å². The van der Waals surface area contributed by atoms with E-state index in [1.165, 1.54) is 17.0 Å². The molecule has 0 amide bonds. The average Bonchev–Trinajstić information content (AvgIpc) is 3.26. The number of H-pyrrole nitrogens is 1. The Bertz CT molecular complexity index is 634. The number of methoxy groups -OCH3 is 1. The van der Waals surface area contributed by atoms with Crippen molar-refractivity contribution in [2.24, 2.45) is 7.05 Å². The monoisotopic (exact) mass is 317 g/mol. The summed E-state index contributed by atoms with van der Waals surface area (Å²) >= 11 is 0. The molecule has 2 atom stereocenters. The standard InChI is InChI=1S/C17H27N5O/c1-5-14-13(15(6-2)21(3)20-14)11-22-10-12(23-4)9-16(22)17-18-7-8-19-17/h7-8,12,16H,5-6,9-11H2,1-4H3,(H,18,19)/t12-,16?/m1/s1. The van der Waals surface area contributed by atoms with Crippen LogP contribution in [0, 0.1) is 0 Å². The van der Waals surface area contributed by atoms with E-state index < -0.39 is 0 Å². The topological polar surface area (TPSA) is 59.0 Å². The van der Waals surface area contributed by atoms with Crippen molar-refractivity contribution in [2.45, 2.75) is 51.8 Å². The quantitative estimate of drug-likeness (QED) is 0.887. The van der Waals surface area contributed by atoms with Crippen molar-refractivity contribution in [3.63, 3.8) is 0 Å². The molecule has 6 nitrogen and oxygen atoms in total. The van der Waals surface area contributed by atoms with E-state index in [2.05, 4.69) is 28.7 Å². The molecule has 1 N–H and O–H groups in total. The summed E-state index contributed by atoms with van der Waals surface area (Å²) in [6, 6.07) is 0.282. The number of rotatable bonds is 6. The Hall–Kier alpha value is -1.66. The smallest absolute Gasteiger partial charge is 0.123 e. The number of nitrogens with one attached hydrogen (secondary N) is 1. The van der Waals surface area contributed by atoms with Crippen LogP contribution in [-0.4, -0.2) is 44.4 Å². The number of aromatic amines is 1. The van der Waals surface area contributed by atoms with E-state index in [9.17, 15) is 0 Å². The molecule has 1 aliphatic heterocycles. The predicted molar refractivity (Wildman–Crippen MR) is 89.1 cm³/mol. The van der Waals surface area contributed by atoms with Crippen LogP contribution < -0.4 is 0 Å². The summed E-state index contributed by atoms with van der Waals surface area (Å²) in [5.41, 5.74) is 3.93. The summed E-state index contributed by atoms with van der Waals surface area (Å²) in [7, 11) is 3.85. The molecule has 1 saturated heterocycles. The fourth-order valence-electron chi connectivity index (χ4n) is 3.73. The number of ether oxygens (including phenoxy) is 1. The molecular formula is C17H27N5O. The zero-order chi connectivity index (χ0) is 16.4. The number of imidazole rings is 1. The maximum absolute atomic E-state index is 5.62. The molecule has 0 spiro atoms. The predicted octanol–water partition coefficient (Wildman–Crippen LogP) is 2.23. The lowest BCUT2D eigenvalue weighted by Gasteiger charge is -2.23. The molecule has 1 fully saturated rings. The van der Waals surface area contributed by atoms with Crippen LogP contribution in [-0.2, 0) is 31.2 Å². The molecule has 0 aromatic carbocycles. The molecule has 3 rings (SSSR count). The second-order valence-electron chi connectivity index (χ2n) is 6.22. The molecule has 6 heteroatoms. The second-order valence-corrected chi connectivity index (χ2v) is 6.22. The van der Waals surface area contributed by atoms with E-state index in [0.717, 1.165) is 38.2 Å². The molecule has 0 saturated carbocycles. The Morgan fingerprint density at radius 1 is 1.35 bits per heavy atom. The number of nitrogens with zero attached hydrogens (tertiary/aromatic N) is 4. The fourth-order valence-corrected chi connectivity index (χ4v) is 3.73. The van der Waals surface area contributed by atoms with E-state index in [0.29, 0.717) is 0 Å². The van der Waals surface area contributed by atoms with Gasteiger partial charge in [0.05, 0.1) is 17.8 Å². The van der Waals surface area contributed by atoms with Crippen LogP contribution in [0.15, 0.2) is 12.4 Å². The molecule has 0 radical (unpaired) electrons.